The molecule has 0 radical (unpaired) electrons. The summed E-state index contributed by atoms with van der Waals surface area (Å²) in [6, 6.07) is 11.3. The molecule has 3 rings (SSSR count). The minimum atomic E-state index is -4.27. The molecule has 1 fully saturated rings. The number of halogens is 1. The van der Waals surface area contributed by atoms with Gasteiger partial charge in [-0.3, -0.25) is 9.52 Å². The first-order valence-corrected chi connectivity index (χ1v) is 15.8. The maximum atomic E-state index is 16.0. The number of aliphatic hydroxyl groups excluding tert-OH is 1. The lowest BCUT2D eigenvalue weighted by molar-refractivity contribution is -0.139. The van der Waals surface area contributed by atoms with Crippen molar-refractivity contribution in [3.05, 3.63) is 65.0 Å². The molecular formula is C31H38FN3O8S. The molecule has 238 valence electrons. The molecular weight excluding hydrogens is 593 g/mol. The highest BCUT2D eigenvalue weighted by Crippen LogP contribution is 2.32. The second-order valence-corrected chi connectivity index (χ2v) is 12.9. The number of ether oxygens (including phenoxy) is 3. The van der Waals surface area contributed by atoms with E-state index < -0.39 is 51.5 Å². The number of aliphatic hydroxyl groups is 1. The normalized spacial score (nSPS) is 15.0. The lowest BCUT2D eigenvalue weighted by Crippen LogP contribution is -2.44. The Kier molecular flexibility index (Phi) is 11.7. The number of carbonyl (C=O) groups excluding carboxylic acids is 2. The third-order valence-electron chi connectivity index (χ3n) is 6.41. The number of hydrogen-bond donors (Lipinski definition) is 2. The number of rotatable bonds is 11. The molecule has 0 aromatic heterocycles. The van der Waals surface area contributed by atoms with Crippen molar-refractivity contribution in [2.24, 2.45) is 0 Å². The minimum absolute atomic E-state index is 0.00717. The molecule has 0 aliphatic carbocycles. The van der Waals surface area contributed by atoms with Crippen molar-refractivity contribution in [2.75, 3.05) is 30.2 Å². The van der Waals surface area contributed by atoms with Gasteiger partial charge >= 0.3 is 12.1 Å². The molecule has 1 saturated heterocycles. The summed E-state index contributed by atoms with van der Waals surface area (Å²) < 4.78 is 59.6. The zero-order chi connectivity index (χ0) is 32.5. The predicted octanol–water partition coefficient (Wildman–Crippen LogP) is 4.40. The van der Waals surface area contributed by atoms with Gasteiger partial charge in [-0.2, -0.15) is 5.26 Å². The highest BCUT2D eigenvalue weighted by atomic mass is 32.2. The first-order valence-electron chi connectivity index (χ1n) is 14.2. The molecule has 1 atom stereocenters. The summed E-state index contributed by atoms with van der Waals surface area (Å²) in [7, 11) is -4.27. The topological polar surface area (TPSA) is 155 Å². The monoisotopic (exact) mass is 631 g/mol. The molecule has 2 aromatic carbocycles. The van der Waals surface area contributed by atoms with Crippen LogP contribution in [0.2, 0.25) is 0 Å². The van der Waals surface area contributed by atoms with Crippen molar-refractivity contribution < 1.29 is 41.7 Å². The van der Waals surface area contributed by atoms with Gasteiger partial charge < -0.3 is 24.2 Å². The zero-order valence-corrected chi connectivity index (χ0v) is 26.0. The Hall–Kier alpha value is -4.15. The Bertz CT molecular complexity index is 1510. The molecule has 1 unspecified atom stereocenters. The van der Waals surface area contributed by atoms with Gasteiger partial charge in [-0.1, -0.05) is 24.3 Å². The molecule has 0 saturated carbocycles. The Morgan fingerprint density at radius 2 is 1.93 bits per heavy atom. The van der Waals surface area contributed by atoms with Gasteiger partial charge in [-0.05, 0) is 57.5 Å². The van der Waals surface area contributed by atoms with Gasteiger partial charge in [-0.15, -0.1) is 0 Å². The lowest BCUT2D eigenvalue weighted by Gasteiger charge is -2.33. The molecule has 1 aliphatic rings. The van der Waals surface area contributed by atoms with Crippen molar-refractivity contribution in [3.8, 4) is 11.8 Å². The molecule has 1 aliphatic heterocycles. The van der Waals surface area contributed by atoms with E-state index in [1.807, 2.05) is 6.07 Å². The van der Waals surface area contributed by atoms with Crippen LogP contribution in [0.3, 0.4) is 0 Å². The standard InChI is InChI=1S/C31H38FN3O8S/c1-5-41-28(37)20-44(39,40)34-26-11-12-27(42-24-13-15-35(16-14-24)30(38)43-31(2,3)4)29(32)25(26)18-23(36)10-9-21-7-6-8-22(17-21)19-33/h6-12,17,23-24,34,36H,5,13-16,18,20H2,1-4H3/b10-9+. The number of nitrogens with zero attached hydrogens (tertiary/aromatic N) is 2. The first-order chi connectivity index (χ1) is 20.7. The number of carbonyl (C=O) groups is 2. The number of benzene rings is 2. The maximum Gasteiger partial charge on any atom is 0.410 e. The molecule has 13 heteroatoms. The molecule has 2 aromatic rings. The SMILES string of the molecule is CCOC(=O)CS(=O)(=O)Nc1ccc(OC2CCN(C(=O)OC(C)(C)C)CC2)c(F)c1CC(O)/C=C/c1cccc(C#N)c1. The zero-order valence-electron chi connectivity index (χ0n) is 25.2. The van der Waals surface area contributed by atoms with Gasteiger partial charge in [0.1, 0.15) is 11.7 Å². The second-order valence-electron chi connectivity index (χ2n) is 11.2. The fourth-order valence-electron chi connectivity index (χ4n) is 4.42. The maximum absolute atomic E-state index is 16.0. The van der Waals surface area contributed by atoms with Gasteiger partial charge in [0, 0.05) is 37.9 Å². The summed E-state index contributed by atoms with van der Waals surface area (Å²) in [6.07, 6.45) is 1.32. The van der Waals surface area contributed by atoms with E-state index in [0.29, 0.717) is 37.1 Å². The molecule has 1 amide bonds. The van der Waals surface area contributed by atoms with Crippen LogP contribution in [0.25, 0.3) is 6.08 Å². The minimum Gasteiger partial charge on any atom is -0.487 e. The van der Waals surface area contributed by atoms with Crippen LogP contribution in [0.15, 0.2) is 42.5 Å². The Labute approximate surface area is 257 Å². The third kappa shape index (κ3) is 10.5. The number of amides is 1. The van der Waals surface area contributed by atoms with Crippen LogP contribution in [0.5, 0.6) is 5.75 Å². The van der Waals surface area contributed by atoms with Crippen LogP contribution >= 0.6 is 0 Å². The largest absolute Gasteiger partial charge is 0.487 e. The smallest absolute Gasteiger partial charge is 0.410 e. The van der Waals surface area contributed by atoms with Crippen molar-refractivity contribution in [3.63, 3.8) is 0 Å². The van der Waals surface area contributed by atoms with E-state index >= 15 is 4.39 Å². The Balaban J connectivity index is 1.81. The number of hydrogen-bond acceptors (Lipinski definition) is 9. The number of likely N-dealkylation sites (tertiary alicyclic amines) is 1. The number of sulfonamides is 1. The van der Waals surface area contributed by atoms with Crippen molar-refractivity contribution in [1.29, 1.82) is 5.26 Å². The Morgan fingerprint density at radius 1 is 1.23 bits per heavy atom. The van der Waals surface area contributed by atoms with E-state index in [4.69, 9.17) is 19.5 Å². The number of nitriles is 1. The van der Waals surface area contributed by atoms with E-state index in [1.54, 1.807) is 56.0 Å². The number of esters is 1. The average Bonchev–Trinajstić information content (AvgIpc) is 2.94. The summed E-state index contributed by atoms with van der Waals surface area (Å²) in [5, 5.41) is 19.9. The Morgan fingerprint density at radius 3 is 2.57 bits per heavy atom. The third-order valence-corrected chi connectivity index (χ3v) is 7.56. The first kappa shape index (κ1) is 34.3. The molecule has 11 nitrogen and oxygen atoms in total. The van der Waals surface area contributed by atoms with E-state index in [-0.39, 0.29) is 30.0 Å². The molecule has 1 heterocycles. The van der Waals surface area contributed by atoms with Crippen LogP contribution in [0, 0.1) is 17.1 Å². The van der Waals surface area contributed by atoms with E-state index in [2.05, 4.69) is 4.72 Å². The van der Waals surface area contributed by atoms with Gasteiger partial charge in [0.05, 0.1) is 30.0 Å². The van der Waals surface area contributed by atoms with Crippen molar-refractivity contribution in [2.45, 2.75) is 64.8 Å². The molecule has 0 bridgehead atoms. The van der Waals surface area contributed by atoms with Crippen molar-refractivity contribution in [1.82, 2.24) is 4.90 Å². The van der Waals surface area contributed by atoms with Gasteiger partial charge in [0.15, 0.2) is 17.3 Å². The van der Waals surface area contributed by atoms with Crippen LogP contribution < -0.4 is 9.46 Å². The average molecular weight is 632 g/mol. The van der Waals surface area contributed by atoms with Gasteiger partial charge in [-0.25, -0.2) is 17.6 Å². The second kappa shape index (κ2) is 15.0. The molecule has 0 spiro atoms. The van der Waals surface area contributed by atoms with E-state index in [9.17, 15) is 23.1 Å². The van der Waals surface area contributed by atoms with Crippen molar-refractivity contribution >= 4 is 33.8 Å². The summed E-state index contributed by atoms with van der Waals surface area (Å²) >= 11 is 0. The van der Waals surface area contributed by atoms with Crippen LogP contribution in [0.4, 0.5) is 14.9 Å². The molecule has 2 N–H and O–H groups in total. The quantitative estimate of drug-likeness (QED) is 0.343. The summed E-state index contributed by atoms with van der Waals surface area (Å²) in [5.74, 6) is -2.98. The number of piperidine rings is 1. The van der Waals surface area contributed by atoms with Gasteiger partial charge in [0.2, 0.25) is 10.0 Å². The van der Waals surface area contributed by atoms with Crippen LogP contribution in [-0.4, -0.2) is 73.7 Å². The van der Waals surface area contributed by atoms with Crippen LogP contribution in [-0.2, 0) is 30.7 Å². The van der Waals surface area contributed by atoms with E-state index in [0.717, 1.165) is 0 Å². The summed E-state index contributed by atoms with van der Waals surface area (Å²) in [5.41, 5.74) is 0.0765. The highest BCUT2D eigenvalue weighted by molar-refractivity contribution is 7.93. The van der Waals surface area contributed by atoms with Gasteiger partial charge in [0.25, 0.3) is 0 Å². The summed E-state index contributed by atoms with van der Waals surface area (Å²) in [6.45, 7) is 7.55. The van der Waals surface area contributed by atoms with E-state index in [1.165, 1.54) is 25.1 Å². The number of nitrogens with one attached hydrogen (secondary N) is 1. The fourth-order valence-corrected chi connectivity index (χ4v) is 5.41. The lowest BCUT2D eigenvalue weighted by atomic mass is 10.0. The van der Waals surface area contributed by atoms with Crippen LogP contribution in [0.1, 0.15) is 57.2 Å². The number of anilines is 1. The molecule has 44 heavy (non-hydrogen) atoms. The summed E-state index contributed by atoms with van der Waals surface area (Å²) in [4.78, 5) is 25.8. The predicted molar refractivity (Wildman–Crippen MR) is 162 cm³/mol. The fraction of sp³-hybridized carbons (Fsp3) is 0.452. The highest BCUT2D eigenvalue weighted by Gasteiger charge is 2.29.